The second-order valence-electron chi connectivity index (χ2n) is 5.35. The van der Waals surface area contributed by atoms with Gasteiger partial charge in [-0.05, 0) is 31.7 Å². The third-order valence-electron chi connectivity index (χ3n) is 3.68. The molecule has 1 aliphatic carbocycles. The van der Waals surface area contributed by atoms with Crippen LogP contribution in [0.15, 0.2) is 12.3 Å². The molecule has 9 heteroatoms. The normalized spacial score (nSPS) is 22.3. The van der Waals surface area contributed by atoms with Crippen molar-refractivity contribution in [1.82, 2.24) is 15.1 Å². The average molecular weight is 319 g/mol. The Bertz CT molecular complexity index is 548. The maximum absolute atomic E-state index is 12.4. The Morgan fingerprint density at radius 1 is 1.32 bits per heavy atom. The van der Waals surface area contributed by atoms with E-state index < -0.39 is 23.7 Å². The number of halogens is 3. The van der Waals surface area contributed by atoms with Crippen LogP contribution in [0.25, 0.3) is 0 Å². The molecule has 0 unspecified atom stereocenters. The Morgan fingerprint density at radius 2 is 1.95 bits per heavy atom. The van der Waals surface area contributed by atoms with Crippen molar-refractivity contribution in [2.24, 2.45) is 5.92 Å². The third-order valence-corrected chi connectivity index (χ3v) is 3.68. The van der Waals surface area contributed by atoms with Crippen molar-refractivity contribution in [2.45, 2.75) is 44.4 Å². The van der Waals surface area contributed by atoms with E-state index >= 15 is 0 Å². The molecule has 122 valence electrons. The lowest BCUT2D eigenvalue weighted by atomic mass is 9.86. The molecule has 1 amide bonds. The molecule has 2 N–H and O–H groups in total. The van der Waals surface area contributed by atoms with Crippen LogP contribution in [0.4, 0.5) is 13.2 Å². The smallest absolute Gasteiger partial charge is 0.435 e. The topological polar surface area (TPSA) is 84.2 Å². The molecule has 0 saturated heterocycles. The molecule has 22 heavy (non-hydrogen) atoms. The number of carboxylic acid groups (broad SMARTS) is 1. The molecule has 0 aromatic carbocycles. The molecular formula is C13H16F3N3O3. The summed E-state index contributed by atoms with van der Waals surface area (Å²) in [6.07, 6.45) is -1.35. The molecule has 2 rings (SSSR count). The van der Waals surface area contributed by atoms with Crippen LogP contribution in [0.3, 0.4) is 0 Å². The van der Waals surface area contributed by atoms with Gasteiger partial charge >= 0.3 is 12.1 Å². The van der Waals surface area contributed by atoms with Gasteiger partial charge in [-0.25, -0.2) is 0 Å². The molecule has 1 aromatic rings. The lowest BCUT2D eigenvalue weighted by molar-refractivity contribution is -0.143. The summed E-state index contributed by atoms with van der Waals surface area (Å²) in [4.78, 5) is 22.6. The first kappa shape index (κ1) is 16.3. The highest BCUT2D eigenvalue weighted by Gasteiger charge is 2.33. The van der Waals surface area contributed by atoms with Crippen LogP contribution in [0, 0.1) is 5.92 Å². The fraction of sp³-hybridized carbons (Fsp3) is 0.615. The first-order valence-electron chi connectivity index (χ1n) is 6.88. The van der Waals surface area contributed by atoms with E-state index in [1.165, 1.54) is 0 Å². The average Bonchev–Trinajstić information content (AvgIpc) is 2.87. The maximum atomic E-state index is 12.4. The van der Waals surface area contributed by atoms with Gasteiger partial charge < -0.3 is 10.4 Å². The fourth-order valence-corrected chi connectivity index (χ4v) is 2.51. The second-order valence-corrected chi connectivity index (χ2v) is 5.35. The number of aliphatic carboxylic acids is 1. The number of carbonyl (C=O) groups is 2. The number of alkyl halides is 3. The predicted octanol–water partition coefficient (Wildman–Crippen LogP) is 1.66. The predicted molar refractivity (Wildman–Crippen MR) is 68.8 cm³/mol. The molecule has 1 aliphatic rings. The van der Waals surface area contributed by atoms with Gasteiger partial charge in [0.15, 0.2) is 5.69 Å². The molecule has 0 radical (unpaired) electrons. The quantitative estimate of drug-likeness (QED) is 0.884. The van der Waals surface area contributed by atoms with Crippen molar-refractivity contribution < 1.29 is 27.9 Å². The number of nitrogens with zero attached hydrogens (tertiary/aromatic N) is 2. The number of amides is 1. The molecule has 0 aliphatic heterocycles. The number of aromatic nitrogens is 2. The minimum Gasteiger partial charge on any atom is -0.481 e. The fourth-order valence-electron chi connectivity index (χ4n) is 2.51. The van der Waals surface area contributed by atoms with E-state index in [-0.39, 0.29) is 18.5 Å². The van der Waals surface area contributed by atoms with Crippen molar-refractivity contribution in [1.29, 1.82) is 0 Å². The summed E-state index contributed by atoms with van der Waals surface area (Å²) < 4.78 is 38.1. The maximum Gasteiger partial charge on any atom is 0.435 e. The summed E-state index contributed by atoms with van der Waals surface area (Å²) in [7, 11) is 0. The highest BCUT2D eigenvalue weighted by molar-refractivity contribution is 5.76. The van der Waals surface area contributed by atoms with Gasteiger partial charge in [0.1, 0.15) is 6.54 Å². The van der Waals surface area contributed by atoms with Gasteiger partial charge in [-0.1, -0.05) is 0 Å². The van der Waals surface area contributed by atoms with Crippen LogP contribution >= 0.6 is 0 Å². The summed E-state index contributed by atoms with van der Waals surface area (Å²) in [5.41, 5.74) is -1.04. The van der Waals surface area contributed by atoms with Crippen molar-refractivity contribution in [3.8, 4) is 0 Å². The SMILES string of the molecule is O=C(Cn1ccc(C(F)(F)F)n1)NC1CCC(C(=O)O)CC1. The lowest BCUT2D eigenvalue weighted by Crippen LogP contribution is -2.40. The first-order chi connectivity index (χ1) is 10.3. The molecule has 0 atom stereocenters. The largest absolute Gasteiger partial charge is 0.481 e. The van der Waals surface area contributed by atoms with Crippen LogP contribution in [-0.4, -0.2) is 32.8 Å². The van der Waals surface area contributed by atoms with E-state index in [0.29, 0.717) is 25.7 Å². The van der Waals surface area contributed by atoms with Gasteiger partial charge in [-0.15, -0.1) is 0 Å². The van der Waals surface area contributed by atoms with E-state index in [2.05, 4.69) is 10.4 Å². The summed E-state index contributed by atoms with van der Waals surface area (Å²) in [5.74, 6) is -1.65. The molecule has 1 heterocycles. The molecule has 0 spiro atoms. The van der Waals surface area contributed by atoms with Gasteiger partial charge in [0.25, 0.3) is 0 Å². The Balaban J connectivity index is 1.81. The van der Waals surface area contributed by atoms with Gasteiger partial charge in [-0.3, -0.25) is 14.3 Å². The first-order valence-corrected chi connectivity index (χ1v) is 6.88. The van der Waals surface area contributed by atoms with E-state index in [1.54, 1.807) is 0 Å². The number of carboxylic acids is 1. The van der Waals surface area contributed by atoms with Crippen molar-refractivity contribution in [2.75, 3.05) is 0 Å². The van der Waals surface area contributed by atoms with E-state index in [4.69, 9.17) is 5.11 Å². The number of rotatable bonds is 4. The molecule has 0 bridgehead atoms. The standard InChI is InChI=1S/C13H16F3N3O3/c14-13(15,16)10-5-6-19(18-10)7-11(20)17-9-3-1-8(2-4-9)12(21)22/h5-6,8-9H,1-4,7H2,(H,17,20)(H,21,22). The van der Waals surface area contributed by atoms with Crippen LogP contribution in [0.5, 0.6) is 0 Å². The number of nitrogens with one attached hydrogen (secondary N) is 1. The Kier molecular flexibility index (Phi) is 4.72. The summed E-state index contributed by atoms with van der Waals surface area (Å²) >= 11 is 0. The second kappa shape index (κ2) is 6.37. The third kappa shape index (κ3) is 4.22. The van der Waals surface area contributed by atoms with Crippen LogP contribution in [-0.2, 0) is 22.3 Å². The van der Waals surface area contributed by atoms with E-state index in [1.807, 2.05) is 0 Å². The Hall–Kier alpha value is -2.06. The van der Waals surface area contributed by atoms with Crippen LogP contribution in [0.1, 0.15) is 31.4 Å². The summed E-state index contributed by atoms with van der Waals surface area (Å²) in [6.45, 7) is -0.297. The minimum atomic E-state index is -4.53. The molecule has 1 aromatic heterocycles. The zero-order chi connectivity index (χ0) is 16.3. The lowest BCUT2D eigenvalue weighted by Gasteiger charge is -2.26. The summed E-state index contributed by atoms with van der Waals surface area (Å²) in [6, 6.07) is 0.673. The Morgan fingerprint density at radius 3 is 2.45 bits per heavy atom. The zero-order valence-electron chi connectivity index (χ0n) is 11.6. The van der Waals surface area contributed by atoms with Gasteiger partial charge in [0.2, 0.25) is 5.91 Å². The molecule has 6 nitrogen and oxygen atoms in total. The number of hydrogen-bond acceptors (Lipinski definition) is 3. The van der Waals surface area contributed by atoms with E-state index in [9.17, 15) is 22.8 Å². The molecule has 1 fully saturated rings. The molecule has 1 saturated carbocycles. The van der Waals surface area contributed by atoms with E-state index in [0.717, 1.165) is 16.9 Å². The monoisotopic (exact) mass is 319 g/mol. The van der Waals surface area contributed by atoms with Crippen molar-refractivity contribution in [3.63, 3.8) is 0 Å². The van der Waals surface area contributed by atoms with Gasteiger partial charge in [0, 0.05) is 12.2 Å². The van der Waals surface area contributed by atoms with Crippen LogP contribution in [0.2, 0.25) is 0 Å². The van der Waals surface area contributed by atoms with Crippen LogP contribution < -0.4 is 5.32 Å². The van der Waals surface area contributed by atoms with Gasteiger partial charge in [-0.2, -0.15) is 18.3 Å². The highest BCUT2D eigenvalue weighted by Crippen LogP contribution is 2.27. The van der Waals surface area contributed by atoms with Crippen molar-refractivity contribution in [3.05, 3.63) is 18.0 Å². The highest BCUT2D eigenvalue weighted by atomic mass is 19.4. The molecular weight excluding hydrogens is 303 g/mol. The summed E-state index contributed by atoms with van der Waals surface area (Å²) in [5, 5.41) is 14.9. The minimum absolute atomic E-state index is 0.138. The zero-order valence-corrected chi connectivity index (χ0v) is 11.6. The Labute approximate surface area is 124 Å². The number of hydrogen-bond donors (Lipinski definition) is 2. The van der Waals surface area contributed by atoms with Gasteiger partial charge in [0.05, 0.1) is 5.92 Å². The van der Waals surface area contributed by atoms with Crippen molar-refractivity contribution >= 4 is 11.9 Å². The number of carbonyl (C=O) groups excluding carboxylic acids is 1.